The maximum Gasteiger partial charge on any atom is 0.222 e. The van der Waals surface area contributed by atoms with Gasteiger partial charge in [0.2, 0.25) is 5.91 Å². The molecule has 0 radical (unpaired) electrons. The maximum absolute atomic E-state index is 12.6. The van der Waals surface area contributed by atoms with E-state index in [9.17, 15) is 4.79 Å². The third-order valence-corrected chi connectivity index (χ3v) is 6.02. The van der Waals surface area contributed by atoms with Crippen molar-refractivity contribution in [2.24, 2.45) is 11.3 Å². The molecule has 0 aromatic carbocycles. The van der Waals surface area contributed by atoms with E-state index in [0.717, 1.165) is 19.5 Å². The molecule has 21 heavy (non-hydrogen) atoms. The van der Waals surface area contributed by atoms with Gasteiger partial charge in [-0.3, -0.25) is 4.79 Å². The van der Waals surface area contributed by atoms with Crippen LogP contribution in [0, 0.1) is 11.3 Å². The Bertz CT molecular complexity index is 364. The molecule has 3 atom stereocenters. The van der Waals surface area contributed by atoms with E-state index in [1.165, 1.54) is 44.9 Å². The fourth-order valence-corrected chi connectivity index (χ4v) is 4.53. The number of hydrogen-bond acceptors (Lipinski definition) is 2. The number of nitrogens with zero attached hydrogens (tertiary/aromatic N) is 1. The average molecular weight is 315 g/mol. The molecule has 3 nitrogen and oxygen atoms in total. The van der Waals surface area contributed by atoms with Gasteiger partial charge in [0.25, 0.3) is 0 Å². The van der Waals surface area contributed by atoms with Crippen LogP contribution in [0.25, 0.3) is 0 Å². The van der Waals surface area contributed by atoms with E-state index in [2.05, 4.69) is 24.1 Å². The highest BCUT2D eigenvalue weighted by atomic mass is 35.5. The van der Waals surface area contributed by atoms with Crippen LogP contribution in [-0.2, 0) is 4.79 Å². The number of hydrogen-bond donors (Lipinski definition) is 1. The van der Waals surface area contributed by atoms with E-state index in [1.54, 1.807) is 0 Å². The van der Waals surface area contributed by atoms with E-state index >= 15 is 0 Å². The Morgan fingerprint density at radius 3 is 2.57 bits per heavy atom. The van der Waals surface area contributed by atoms with Crippen molar-refractivity contribution < 1.29 is 4.79 Å². The molecule has 0 aliphatic carbocycles. The SMILES string of the molecule is CCC1(C)CCCN(C(=O)CC2CC3CCC(C2)N3)C1.Cl. The van der Waals surface area contributed by atoms with Crippen LogP contribution in [-0.4, -0.2) is 36.0 Å². The topological polar surface area (TPSA) is 32.3 Å². The summed E-state index contributed by atoms with van der Waals surface area (Å²) in [6.45, 7) is 6.59. The lowest BCUT2D eigenvalue weighted by atomic mass is 9.79. The van der Waals surface area contributed by atoms with Crippen LogP contribution in [0.1, 0.15) is 65.2 Å². The number of nitrogens with one attached hydrogen (secondary N) is 1. The number of halogens is 1. The number of carbonyl (C=O) groups is 1. The van der Waals surface area contributed by atoms with Crippen molar-refractivity contribution in [1.82, 2.24) is 10.2 Å². The highest BCUT2D eigenvalue weighted by Gasteiger charge is 2.36. The van der Waals surface area contributed by atoms with Crippen LogP contribution in [0.15, 0.2) is 0 Å². The maximum atomic E-state index is 12.6. The van der Waals surface area contributed by atoms with E-state index in [4.69, 9.17) is 0 Å². The summed E-state index contributed by atoms with van der Waals surface area (Å²) in [7, 11) is 0. The van der Waals surface area contributed by atoms with Gasteiger partial charge in [-0.15, -0.1) is 12.4 Å². The minimum atomic E-state index is 0. The molecule has 1 amide bonds. The number of fused-ring (bicyclic) bond motifs is 2. The fourth-order valence-electron chi connectivity index (χ4n) is 4.53. The van der Waals surface area contributed by atoms with Crippen LogP contribution in [0.4, 0.5) is 0 Å². The second-order valence-electron chi connectivity index (χ2n) is 7.76. The third-order valence-electron chi connectivity index (χ3n) is 6.02. The van der Waals surface area contributed by atoms with Gasteiger partial charge in [-0.1, -0.05) is 13.8 Å². The molecule has 1 N–H and O–H groups in total. The first-order chi connectivity index (χ1) is 9.58. The van der Waals surface area contributed by atoms with Gasteiger partial charge < -0.3 is 10.2 Å². The molecule has 3 fully saturated rings. The molecule has 0 saturated carbocycles. The first kappa shape index (κ1) is 17.1. The number of piperidine rings is 2. The van der Waals surface area contributed by atoms with Crippen LogP contribution in [0.3, 0.4) is 0 Å². The molecule has 0 aromatic rings. The summed E-state index contributed by atoms with van der Waals surface area (Å²) in [6, 6.07) is 1.41. The predicted molar refractivity (Wildman–Crippen MR) is 88.7 cm³/mol. The van der Waals surface area contributed by atoms with Crippen molar-refractivity contribution in [2.75, 3.05) is 13.1 Å². The molecule has 3 heterocycles. The van der Waals surface area contributed by atoms with Gasteiger partial charge in [-0.25, -0.2) is 0 Å². The Balaban J connectivity index is 0.00000161. The zero-order valence-electron chi connectivity index (χ0n) is 13.6. The molecule has 3 rings (SSSR count). The molecule has 0 spiro atoms. The monoisotopic (exact) mass is 314 g/mol. The van der Waals surface area contributed by atoms with Gasteiger partial charge in [-0.05, 0) is 56.3 Å². The molecule has 0 aromatic heterocycles. The standard InChI is InChI=1S/C17H30N2O.ClH/c1-3-17(2)7-4-8-19(12-17)16(20)11-13-9-14-5-6-15(10-13)18-14;/h13-15,18H,3-12H2,1-2H3;1H. The van der Waals surface area contributed by atoms with Gasteiger partial charge in [0.05, 0.1) is 0 Å². The van der Waals surface area contributed by atoms with Gasteiger partial charge in [0, 0.05) is 31.6 Å². The lowest BCUT2D eigenvalue weighted by Gasteiger charge is -2.41. The summed E-state index contributed by atoms with van der Waals surface area (Å²) in [6.07, 6.45) is 9.56. The first-order valence-electron chi connectivity index (χ1n) is 8.62. The molecule has 2 bridgehead atoms. The second kappa shape index (κ2) is 6.87. The summed E-state index contributed by atoms with van der Waals surface area (Å²) in [5, 5.41) is 3.67. The van der Waals surface area contributed by atoms with Crippen molar-refractivity contribution >= 4 is 18.3 Å². The van der Waals surface area contributed by atoms with Gasteiger partial charge in [-0.2, -0.15) is 0 Å². The molecule has 4 heteroatoms. The van der Waals surface area contributed by atoms with E-state index < -0.39 is 0 Å². The van der Waals surface area contributed by atoms with Crippen molar-refractivity contribution in [3.63, 3.8) is 0 Å². The largest absolute Gasteiger partial charge is 0.342 e. The summed E-state index contributed by atoms with van der Waals surface area (Å²) in [5.74, 6) is 1.06. The third kappa shape index (κ3) is 3.92. The number of carbonyl (C=O) groups excluding carboxylic acids is 1. The molecular formula is C17H31ClN2O. The minimum absolute atomic E-state index is 0. The molecule has 3 unspecified atom stereocenters. The summed E-state index contributed by atoms with van der Waals surface area (Å²) in [5.41, 5.74) is 0.362. The van der Waals surface area contributed by atoms with Crippen molar-refractivity contribution in [1.29, 1.82) is 0 Å². The highest BCUT2D eigenvalue weighted by molar-refractivity contribution is 5.85. The smallest absolute Gasteiger partial charge is 0.222 e. The highest BCUT2D eigenvalue weighted by Crippen LogP contribution is 2.35. The molecule has 3 aliphatic heterocycles. The van der Waals surface area contributed by atoms with Crippen molar-refractivity contribution in [2.45, 2.75) is 77.3 Å². The lowest BCUT2D eigenvalue weighted by molar-refractivity contribution is -0.135. The van der Waals surface area contributed by atoms with E-state index in [0.29, 0.717) is 29.3 Å². The van der Waals surface area contributed by atoms with Crippen molar-refractivity contribution in [3.05, 3.63) is 0 Å². The lowest BCUT2D eigenvalue weighted by Crippen LogP contribution is -2.46. The van der Waals surface area contributed by atoms with E-state index in [-0.39, 0.29) is 12.4 Å². The van der Waals surface area contributed by atoms with E-state index in [1.807, 2.05) is 0 Å². The zero-order valence-corrected chi connectivity index (χ0v) is 14.4. The normalized spacial score (nSPS) is 39.0. The van der Waals surface area contributed by atoms with Crippen LogP contribution < -0.4 is 5.32 Å². The Labute approximate surface area is 135 Å². The molecule has 3 aliphatic rings. The Kier molecular flexibility index (Phi) is 5.59. The fraction of sp³-hybridized carbons (Fsp3) is 0.941. The van der Waals surface area contributed by atoms with Crippen LogP contribution >= 0.6 is 12.4 Å². The molecule has 122 valence electrons. The number of amides is 1. The Morgan fingerprint density at radius 2 is 1.95 bits per heavy atom. The molecular weight excluding hydrogens is 284 g/mol. The second-order valence-corrected chi connectivity index (χ2v) is 7.76. The average Bonchev–Trinajstić information content (AvgIpc) is 2.78. The van der Waals surface area contributed by atoms with Gasteiger partial charge >= 0.3 is 0 Å². The number of rotatable bonds is 3. The predicted octanol–water partition coefficient (Wildman–Crippen LogP) is 3.37. The minimum Gasteiger partial charge on any atom is -0.342 e. The quantitative estimate of drug-likeness (QED) is 0.866. The zero-order chi connectivity index (χ0) is 14.2. The van der Waals surface area contributed by atoms with Crippen molar-refractivity contribution in [3.8, 4) is 0 Å². The molecule has 3 saturated heterocycles. The van der Waals surface area contributed by atoms with Crippen LogP contribution in [0.5, 0.6) is 0 Å². The first-order valence-corrected chi connectivity index (χ1v) is 8.62. The van der Waals surface area contributed by atoms with Crippen LogP contribution in [0.2, 0.25) is 0 Å². The summed E-state index contributed by atoms with van der Waals surface area (Å²) in [4.78, 5) is 14.8. The Morgan fingerprint density at radius 1 is 1.29 bits per heavy atom. The van der Waals surface area contributed by atoms with Gasteiger partial charge in [0.15, 0.2) is 0 Å². The summed E-state index contributed by atoms with van der Waals surface area (Å²) < 4.78 is 0. The summed E-state index contributed by atoms with van der Waals surface area (Å²) >= 11 is 0. The van der Waals surface area contributed by atoms with Gasteiger partial charge in [0.1, 0.15) is 0 Å². The Hall–Kier alpha value is -0.280. The number of likely N-dealkylation sites (tertiary alicyclic amines) is 1.